The van der Waals surface area contributed by atoms with Gasteiger partial charge in [-0.1, -0.05) is 26.7 Å². The van der Waals surface area contributed by atoms with Gasteiger partial charge in [0.25, 0.3) is 0 Å². The molecule has 0 unspecified atom stereocenters. The minimum Gasteiger partial charge on any atom is -0.396 e. The predicted octanol–water partition coefficient (Wildman–Crippen LogP) is 1.27. The third kappa shape index (κ3) is 22.5. The molecule has 3 heteroatoms. The lowest BCUT2D eigenvalue weighted by Crippen LogP contribution is -2.02. The van der Waals surface area contributed by atoms with Crippen LogP contribution in [-0.2, 0) is 0 Å². The molecule has 0 spiro atoms. The molecule has 76 valence electrons. The standard InChI is InChI=1S/C5H12O2.C4H10O/c1-2-3-4-5(6)7;1-2-3-4-5/h5-7H,2-4H2,1H3;5H,2-4H2,1H3. The van der Waals surface area contributed by atoms with Crippen LogP contribution in [0.1, 0.15) is 46.0 Å². The Balaban J connectivity index is 0. The zero-order valence-corrected chi connectivity index (χ0v) is 8.16. The van der Waals surface area contributed by atoms with Crippen LogP contribution in [0.2, 0.25) is 0 Å². The summed E-state index contributed by atoms with van der Waals surface area (Å²) in [5, 5.41) is 24.5. The van der Waals surface area contributed by atoms with Gasteiger partial charge in [-0.15, -0.1) is 0 Å². The topological polar surface area (TPSA) is 60.7 Å². The van der Waals surface area contributed by atoms with Crippen LogP contribution in [0, 0.1) is 0 Å². The van der Waals surface area contributed by atoms with Crippen molar-refractivity contribution < 1.29 is 15.3 Å². The number of aliphatic hydroxyl groups excluding tert-OH is 2. The maximum absolute atomic E-state index is 8.24. The Morgan fingerprint density at radius 1 is 1.00 bits per heavy atom. The Hall–Kier alpha value is -0.120. The van der Waals surface area contributed by atoms with Gasteiger partial charge in [0.05, 0.1) is 0 Å². The van der Waals surface area contributed by atoms with Gasteiger partial charge >= 0.3 is 0 Å². The number of rotatable bonds is 5. The second kappa shape index (κ2) is 13.5. The molecule has 0 aromatic heterocycles. The van der Waals surface area contributed by atoms with Crippen molar-refractivity contribution in [3.05, 3.63) is 0 Å². The van der Waals surface area contributed by atoms with Crippen LogP contribution in [0.5, 0.6) is 0 Å². The van der Waals surface area contributed by atoms with Gasteiger partial charge in [0.15, 0.2) is 6.29 Å². The van der Waals surface area contributed by atoms with Crippen LogP contribution < -0.4 is 0 Å². The molecule has 12 heavy (non-hydrogen) atoms. The van der Waals surface area contributed by atoms with Crippen LogP contribution in [-0.4, -0.2) is 28.2 Å². The van der Waals surface area contributed by atoms with E-state index in [0.29, 0.717) is 13.0 Å². The number of hydrogen-bond donors (Lipinski definition) is 3. The van der Waals surface area contributed by atoms with E-state index in [1.807, 2.05) is 6.92 Å². The monoisotopic (exact) mass is 178 g/mol. The lowest BCUT2D eigenvalue weighted by molar-refractivity contribution is -0.0463. The van der Waals surface area contributed by atoms with Gasteiger partial charge in [-0.25, -0.2) is 0 Å². The highest BCUT2D eigenvalue weighted by molar-refractivity contribution is 4.36. The molecule has 0 saturated carbocycles. The molecule has 0 fully saturated rings. The van der Waals surface area contributed by atoms with Crippen molar-refractivity contribution in [2.75, 3.05) is 6.61 Å². The maximum atomic E-state index is 8.24. The van der Waals surface area contributed by atoms with Crippen LogP contribution >= 0.6 is 0 Å². The fourth-order valence-corrected chi connectivity index (χ4v) is 0.545. The Morgan fingerprint density at radius 2 is 1.50 bits per heavy atom. The Kier molecular flexibility index (Phi) is 16.2. The fraction of sp³-hybridized carbons (Fsp3) is 1.00. The second-order valence-corrected chi connectivity index (χ2v) is 2.70. The smallest absolute Gasteiger partial charge is 0.151 e. The van der Waals surface area contributed by atoms with Crippen molar-refractivity contribution in [1.29, 1.82) is 0 Å². The van der Waals surface area contributed by atoms with E-state index >= 15 is 0 Å². The average Bonchev–Trinajstić information content (AvgIpc) is 2.03. The van der Waals surface area contributed by atoms with E-state index in [-0.39, 0.29) is 0 Å². The zero-order valence-electron chi connectivity index (χ0n) is 8.16. The van der Waals surface area contributed by atoms with Gasteiger partial charge in [0.1, 0.15) is 0 Å². The number of hydrogen-bond acceptors (Lipinski definition) is 3. The summed E-state index contributed by atoms with van der Waals surface area (Å²) in [4.78, 5) is 0. The molecule has 3 nitrogen and oxygen atoms in total. The van der Waals surface area contributed by atoms with E-state index in [4.69, 9.17) is 15.3 Å². The minimum absolute atomic E-state index is 0.344. The van der Waals surface area contributed by atoms with E-state index in [1.54, 1.807) is 0 Å². The Morgan fingerprint density at radius 3 is 1.58 bits per heavy atom. The summed E-state index contributed by atoms with van der Waals surface area (Å²) in [5.41, 5.74) is 0. The minimum atomic E-state index is -1.10. The van der Waals surface area contributed by atoms with Gasteiger partial charge in [0.2, 0.25) is 0 Å². The molecule has 0 amide bonds. The summed E-state index contributed by atoms with van der Waals surface area (Å²) >= 11 is 0. The molecule has 0 bridgehead atoms. The summed E-state index contributed by atoms with van der Waals surface area (Å²) in [6.07, 6.45) is 3.38. The molecule has 3 N–H and O–H groups in total. The third-order valence-corrected chi connectivity index (χ3v) is 1.33. The molecule has 0 aliphatic rings. The summed E-state index contributed by atoms with van der Waals surface area (Å²) in [5.74, 6) is 0. The first-order valence-electron chi connectivity index (χ1n) is 4.66. The summed E-state index contributed by atoms with van der Waals surface area (Å²) < 4.78 is 0. The normalized spacial score (nSPS) is 9.50. The highest BCUT2D eigenvalue weighted by atomic mass is 16.5. The van der Waals surface area contributed by atoms with Gasteiger partial charge in [-0.05, 0) is 19.3 Å². The van der Waals surface area contributed by atoms with Crippen LogP contribution in [0.25, 0.3) is 0 Å². The molecular formula is C9H22O3. The quantitative estimate of drug-likeness (QED) is 0.555. The largest absolute Gasteiger partial charge is 0.396 e. The molecule has 0 rings (SSSR count). The fourth-order valence-electron chi connectivity index (χ4n) is 0.545. The summed E-state index contributed by atoms with van der Waals surface area (Å²) in [6, 6.07) is 0. The van der Waals surface area contributed by atoms with Crippen LogP contribution in [0.4, 0.5) is 0 Å². The SMILES string of the molecule is CCCCC(O)O.CCCCO. The van der Waals surface area contributed by atoms with E-state index in [2.05, 4.69) is 6.92 Å². The van der Waals surface area contributed by atoms with Crippen molar-refractivity contribution in [3.63, 3.8) is 0 Å². The van der Waals surface area contributed by atoms with Gasteiger partial charge in [-0.3, -0.25) is 0 Å². The second-order valence-electron chi connectivity index (χ2n) is 2.70. The maximum Gasteiger partial charge on any atom is 0.151 e. The first-order chi connectivity index (χ1) is 5.68. The van der Waals surface area contributed by atoms with Crippen molar-refractivity contribution >= 4 is 0 Å². The van der Waals surface area contributed by atoms with Crippen molar-refractivity contribution in [2.24, 2.45) is 0 Å². The van der Waals surface area contributed by atoms with Crippen molar-refractivity contribution in [2.45, 2.75) is 52.2 Å². The molecular weight excluding hydrogens is 156 g/mol. The molecule has 0 radical (unpaired) electrons. The van der Waals surface area contributed by atoms with Crippen LogP contribution in [0.15, 0.2) is 0 Å². The lowest BCUT2D eigenvalue weighted by atomic mass is 10.2. The average molecular weight is 178 g/mol. The van der Waals surface area contributed by atoms with Crippen LogP contribution in [0.3, 0.4) is 0 Å². The number of unbranched alkanes of at least 4 members (excludes halogenated alkanes) is 2. The highest BCUT2D eigenvalue weighted by Gasteiger charge is 1.92. The Bertz CT molecular complexity index is 62.8. The van der Waals surface area contributed by atoms with E-state index in [0.717, 1.165) is 25.7 Å². The zero-order chi connectivity index (χ0) is 9.82. The molecule has 0 aromatic rings. The number of aliphatic hydroxyl groups is 3. The summed E-state index contributed by atoms with van der Waals surface area (Å²) in [7, 11) is 0. The van der Waals surface area contributed by atoms with Crippen molar-refractivity contribution in [1.82, 2.24) is 0 Å². The molecule has 0 aromatic carbocycles. The van der Waals surface area contributed by atoms with E-state index in [1.165, 1.54) is 0 Å². The first-order valence-corrected chi connectivity index (χ1v) is 4.66. The van der Waals surface area contributed by atoms with E-state index in [9.17, 15) is 0 Å². The third-order valence-electron chi connectivity index (χ3n) is 1.33. The van der Waals surface area contributed by atoms with Gasteiger partial charge in [-0.2, -0.15) is 0 Å². The molecule has 0 heterocycles. The summed E-state index contributed by atoms with van der Waals surface area (Å²) in [6.45, 7) is 4.41. The van der Waals surface area contributed by atoms with Gasteiger partial charge in [0, 0.05) is 6.61 Å². The van der Waals surface area contributed by atoms with Crippen molar-refractivity contribution in [3.8, 4) is 0 Å². The molecule has 0 atom stereocenters. The highest BCUT2D eigenvalue weighted by Crippen LogP contribution is 1.95. The van der Waals surface area contributed by atoms with Gasteiger partial charge < -0.3 is 15.3 Å². The first kappa shape index (κ1) is 14.4. The molecule has 0 saturated heterocycles. The Labute approximate surface area is 75.0 Å². The molecule has 0 aliphatic carbocycles. The lowest BCUT2D eigenvalue weighted by Gasteiger charge is -1.97. The molecule has 0 aliphatic heterocycles. The van der Waals surface area contributed by atoms with E-state index < -0.39 is 6.29 Å². The predicted molar refractivity (Wildman–Crippen MR) is 49.7 cm³/mol.